The van der Waals surface area contributed by atoms with Gasteiger partial charge >= 0.3 is 5.97 Å². The monoisotopic (exact) mass is 328 g/mol. The van der Waals surface area contributed by atoms with Gasteiger partial charge in [-0.1, -0.05) is 25.5 Å². The van der Waals surface area contributed by atoms with Crippen LogP contribution in [0.2, 0.25) is 0 Å². The first kappa shape index (κ1) is 15.7. The predicted octanol–water partition coefficient (Wildman–Crippen LogP) is 4.17. The van der Waals surface area contributed by atoms with Gasteiger partial charge < -0.3 is 9.15 Å². The molecular weight excluding hydrogens is 304 g/mol. The van der Waals surface area contributed by atoms with Gasteiger partial charge in [0.25, 0.3) is 0 Å². The number of carbonyl (C=O) groups is 2. The van der Waals surface area contributed by atoms with Crippen molar-refractivity contribution in [2.45, 2.75) is 45.4 Å². The highest BCUT2D eigenvalue weighted by Crippen LogP contribution is 2.64. The molecule has 4 nitrogen and oxygen atoms in total. The number of carbonyl (C=O) groups excluding carboxylic acids is 2. The van der Waals surface area contributed by atoms with Crippen molar-refractivity contribution in [3.63, 3.8) is 0 Å². The third-order valence-corrected chi connectivity index (χ3v) is 6.82. The minimum atomic E-state index is -0.556. The maximum atomic E-state index is 12.9. The van der Waals surface area contributed by atoms with E-state index in [9.17, 15) is 9.59 Å². The fourth-order valence-electron chi connectivity index (χ4n) is 5.62. The zero-order valence-corrected chi connectivity index (χ0v) is 14.2. The number of ketones is 1. The topological polar surface area (TPSA) is 56.5 Å². The lowest BCUT2D eigenvalue weighted by atomic mass is 9.45. The van der Waals surface area contributed by atoms with Crippen molar-refractivity contribution in [2.75, 3.05) is 6.61 Å². The van der Waals surface area contributed by atoms with E-state index in [4.69, 9.17) is 9.15 Å². The molecule has 3 fully saturated rings. The SMILES string of the molecule is C=C1CCC2C3(C)CCCC2(C(=O)OC3)C1CC(=O)c1ccoc1. The molecule has 3 aliphatic rings. The third kappa shape index (κ3) is 2.04. The highest BCUT2D eigenvalue weighted by atomic mass is 16.5. The summed E-state index contributed by atoms with van der Waals surface area (Å²) in [6, 6.07) is 1.69. The molecule has 2 saturated carbocycles. The molecule has 1 saturated heterocycles. The molecule has 0 N–H and O–H groups in total. The van der Waals surface area contributed by atoms with Gasteiger partial charge in [-0.2, -0.15) is 0 Å². The Balaban J connectivity index is 1.72. The molecule has 0 radical (unpaired) electrons. The van der Waals surface area contributed by atoms with Gasteiger partial charge in [-0.25, -0.2) is 0 Å². The van der Waals surface area contributed by atoms with Crippen molar-refractivity contribution < 1.29 is 18.7 Å². The molecule has 0 aromatic carbocycles. The van der Waals surface area contributed by atoms with Gasteiger partial charge in [0, 0.05) is 17.8 Å². The number of hydrogen-bond acceptors (Lipinski definition) is 4. The summed E-state index contributed by atoms with van der Waals surface area (Å²) in [7, 11) is 0. The summed E-state index contributed by atoms with van der Waals surface area (Å²) < 4.78 is 10.7. The number of cyclic esters (lactones) is 1. The van der Waals surface area contributed by atoms with Crippen LogP contribution < -0.4 is 0 Å². The fourth-order valence-corrected chi connectivity index (χ4v) is 5.62. The molecule has 4 heteroatoms. The number of esters is 1. The normalized spacial score (nSPS) is 38.4. The summed E-state index contributed by atoms with van der Waals surface area (Å²) in [5, 5.41) is 0. The quantitative estimate of drug-likeness (QED) is 0.475. The summed E-state index contributed by atoms with van der Waals surface area (Å²) in [5.74, 6) is 0.102. The predicted molar refractivity (Wildman–Crippen MR) is 88.4 cm³/mol. The molecule has 24 heavy (non-hydrogen) atoms. The first-order valence-electron chi connectivity index (χ1n) is 8.88. The second kappa shape index (κ2) is 5.33. The Morgan fingerprint density at radius 2 is 2.25 bits per heavy atom. The van der Waals surface area contributed by atoms with E-state index in [0.29, 0.717) is 24.5 Å². The van der Waals surface area contributed by atoms with Crippen LogP contribution in [0.5, 0.6) is 0 Å². The molecule has 4 atom stereocenters. The maximum Gasteiger partial charge on any atom is 0.313 e. The minimum Gasteiger partial charge on any atom is -0.472 e. The smallest absolute Gasteiger partial charge is 0.313 e. The molecule has 0 amide bonds. The van der Waals surface area contributed by atoms with E-state index in [1.165, 1.54) is 12.5 Å². The molecule has 1 aromatic rings. The molecule has 1 aromatic heterocycles. The average molecular weight is 328 g/mol. The van der Waals surface area contributed by atoms with Crippen molar-refractivity contribution in [1.82, 2.24) is 0 Å². The maximum absolute atomic E-state index is 12.9. The van der Waals surface area contributed by atoms with Crippen molar-refractivity contribution in [3.05, 3.63) is 36.3 Å². The van der Waals surface area contributed by atoms with Gasteiger partial charge in [0.15, 0.2) is 5.78 Å². The second-order valence-electron chi connectivity index (χ2n) is 8.07. The number of hydrogen-bond donors (Lipinski definition) is 0. The van der Waals surface area contributed by atoms with Crippen molar-refractivity contribution in [2.24, 2.45) is 22.7 Å². The molecule has 128 valence electrons. The summed E-state index contributed by atoms with van der Waals surface area (Å²) in [6.45, 7) is 7.01. The first-order valence-corrected chi connectivity index (χ1v) is 8.88. The summed E-state index contributed by atoms with van der Waals surface area (Å²) in [6.07, 6.45) is 8.13. The third-order valence-electron chi connectivity index (χ3n) is 6.82. The van der Waals surface area contributed by atoms with E-state index in [1.54, 1.807) is 6.07 Å². The number of furan rings is 1. The van der Waals surface area contributed by atoms with E-state index < -0.39 is 5.41 Å². The largest absolute Gasteiger partial charge is 0.472 e. The van der Waals surface area contributed by atoms with Crippen molar-refractivity contribution >= 4 is 11.8 Å². The Morgan fingerprint density at radius 3 is 3.00 bits per heavy atom. The Labute approximate surface area is 142 Å². The highest BCUT2D eigenvalue weighted by Gasteiger charge is 2.64. The lowest BCUT2D eigenvalue weighted by molar-refractivity contribution is -0.207. The van der Waals surface area contributed by atoms with Gasteiger partial charge in [-0.05, 0) is 37.7 Å². The van der Waals surface area contributed by atoms with Gasteiger partial charge in [-0.15, -0.1) is 0 Å². The highest BCUT2D eigenvalue weighted by molar-refractivity contribution is 5.96. The van der Waals surface area contributed by atoms with E-state index in [2.05, 4.69) is 13.5 Å². The van der Waals surface area contributed by atoms with Crippen molar-refractivity contribution in [1.29, 1.82) is 0 Å². The van der Waals surface area contributed by atoms with E-state index >= 15 is 0 Å². The molecule has 0 spiro atoms. The van der Waals surface area contributed by atoms with E-state index in [1.807, 2.05) is 0 Å². The van der Waals surface area contributed by atoms with Crippen LogP contribution in [0.1, 0.15) is 55.8 Å². The van der Waals surface area contributed by atoms with Crippen LogP contribution in [0.25, 0.3) is 0 Å². The van der Waals surface area contributed by atoms with E-state index in [-0.39, 0.29) is 23.1 Å². The summed E-state index contributed by atoms with van der Waals surface area (Å²) in [4.78, 5) is 25.6. The van der Waals surface area contributed by atoms with Crippen LogP contribution in [-0.2, 0) is 9.53 Å². The van der Waals surface area contributed by atoms with Crippen molar-refractivity contribution in [3.8, 4) is 0 Å². The number of ether oxygens (including phenoxy) is 1. The average Bonchev–Trinajstić information content (AvgIpc) is 3.09. The Hall–Kier alpha value is -1.84. The van der Waals surface area contributed by atoms with E-state index in [0.717, 1.165) is 37.7 Å². The number of Topliss-reactive ketones (excluding diaryl/α,β-unsaturated/α-hetero) is 1. The number of allylic oxidation sites excluding steroid dienone is 1. The zero-order chi connectivity index (χ0) is 16.9. The fraction of sp³-hybridized carbons (Fsp3) is 0.600. The van der Waals surface area contributed by atoms with Gasteiger partial charge in [-0.3, -0.25) is 9.59 Å². The first-order chi connectivity index (χ1) is 11.5. The molecule has 4 rings (SSSR count). The lowest BCUT2D eigenvalue weighted by Crippen LogP contribution is -2.62. The van der Waals surface area contributed by atoms with Gasteiger partial charge in [0.05, 0.1) is 23.8 Å². The standard InChI is InChI=1S/C20H24O4/c1-13-4-5-17-19(2)7-3-8-20(17,18(22)24-12-19)15(13)10-16(21)14-6-9-23-11-14/h6,9,11,15,17H,1,3-5,7-8,10,12H2,2H3. The van der Waals surface area contributed by atoms with Crippen LogP contribution in [0.4, 0.5) is 0 Å². The van der Waals surface area contributed by atoms with Gasteiger partial charge in [0.1, 0.15) is 6.26 Å². The molecular formula is C20H24O4. The zero-order valence-electron chi connectivity index (χ0n) is 14.2. The minimum absolute atomic E-state index is 0.0237. The summed E-state index contributed by atoms with van der Waals surface area (Å²) >= 11 is 0. The van der Waals surface area contributed by atoms with Crippen LogP contribution in [0, 0.1) is 22.7 Å². The van der Waals surface area contributed by atoms with Gasteiger partial charge in [0.2, 0.25) is 0 Å². The Bertz CT molecular complexity index is 689. The van der Waals surface area contributed by atoms with Crippen LogP contribution in [0.15, 0.2) is 35.2 Å². The Morgan fingerprint density at radius 1 is 1.42 bits per heavy atom. The molecule has 1 aliphatic heterocycles. The molecule has 4 unspecified atom stereocenters. The van der Waals surface area contributed by atoms with Crippen LogP contribution in [-0.4, -0.2) is 18.4 Å². The van der Waals surface area contributed by atoms with Crippen LogP contribution >= 0.6 is 0 Å². The second-order valence-corrected chi connectivity index (χ2v) is 8.07. The lowest BCUT2D eigenvalue weighted by Gasteiger charge is -2.60. The number of rotatable bonds is 3. The summed E-state index contributed by atoms with van der Waals surface area (Å²) in [5.41, 5.74) is 1.10. The molecule has 2 bridgehead atoms. The molecule has 2 heterocycles. The molecule has 2 aliphatic carbocycles. The Kier molecular flexibility index (Phi) is 3.48. The van der Waals surface area contributed by atoms with Crippen LogP contribution in [0.3, 0.4) is 0 Å².